The highest BCUT2D eigenvalue weighted by molar-refractivity contribution is 5.65. The van der Waals surface area contributed by atoms with Gasteiger partial charge in [0.05, 0.1) is 12.3 Å². The second-order valence-corrected chi connectivity index (χ2v) is 5.80. The van der Waals surface area contributed by atoms with E-state index in [2.05, 4.69) is 36.2 Å². The second-order valence-electron chi connectivity index (χ2n) is 5.80. The first-order chi connectivity index (χ1) is 9.16. The lowest BCUT2D eigenvalue weighted by atomic mass is 10.1. The predicted molar refractivity (Wildman–Crippen MR) is 76.3 cm³/mol. The molecule has 2 aliphatic heterocycles. The number of piperazine rings is 1. The molecule has 0 spiro atoms. The summed E-state index contributed by atoms with van der Waals surface area (Å²) in [6, 6.07) is 6.20. The Morgan fingerprint density at radius 3 is 2.79 bits per heavy atom. The van der Waals surface area contributed by atoms with Crippen LogP contribution in [0.25, 0.3) is 0 Å². The van der Waals surface area contributed by atoms with Crippen LogP contribution >= 0.6 is 0 Å². The summed E-state index contributed by atoms with van der Waals surface area (Å²) in [6.07, 6.45) is 0.905. The number of ether oxygens (including phenoxy) is 2. The zero-order valence-electron chi connectivity index (χ0n) is 11.7. The molecule has 0 bridgehead atoms. The molecular formula is C15H22N2O2. The maximum atomic E-state index is 6.11. The van der Waals surface area contributed by atoms with Gasteiger partial charge < -0.3 is 19.7 Å². The lowest BCUT2D eigenvalue weighted by molar-refractivity contribution is 0.101. The summed E-state index contributed by atoms with van der Waals surface area (Å²) < 4.78 is 12.1. The Balaban J connectivity index is 1.94. The van der Waals surface area contributed by atoms with Crippen LogP contribution in [0.15, 0.2) is 18.2 Å². The maximum Gasteiger partial charge on any atom is 0.184 e. The number of anilines is 1. The molecule has 19 heavy (non-hydrogen) atoms. The van der Waals surface area contributed by atoms with Gasteiger partial charge in [-0.15, -0.1) is 0 Å². The average Bonchev–Trinajstić information content (AvgIpc) is 2.56. The first-order valence-electron chi connectivity index (χ1n) is 7.06. The number of para-hydroxylation sites is 1. The van der Waals surface area contributed by atoms with Gasteiger partial charge >= 0.3 is 0 Å². The normalized spacial score (nSPS) is 21.9. The van der Waals surface area contributed by atoms with E-state index >= 15 is 0 Å². The molecular weight excluding hydrogens is 240 g/mol. The molecule has 4 heteroatoms. The molecule has 3 rings (SSSR count). The van der Waals surface area contributed by atoms with Crippen LogP contribution in [0, 0.1) is 0 Å². The highest BCUT2D eigenvalue weighted by Gasteiger charge is 2.28. The van der Waals surface area contributed by atoms with E-state index in [0.717, 1.165) is 49.8 Å². The summed E-state index contributed by atoms with van der Waals surface area (Å²) >= 11 is 0. The van der Waals surface area contributed by atoms with Crippen LogP contribution in [0.1, 0.15) is 20.3 Å². The van der Waals surface area contributed by atoms with Crippen LogP contribution < -0.4 is 19.7 Å². The van der Waals surface area contributed by atoms with Crippen molar-refractivity contribution in [3.8, 4) is 11.5 Å². The molecule has 2 aliphatic rings. The summed E-state index contributed by atoms with van der Waals surface area (Å²) in [5, 5.41) is 3.38. The van der Waals surface area contributed by atoms with Crippen molar-refractivity contribution >= 4 is 5.69 Å². The number of hydrogen-bond acceptors (Lipinski definition) is 4. The van der Waals surface area contributed by atoms with Gasteiger partial charge in [-0.25, -0.2) is 0 Å². The highest BCUT2D eigenvalue weighted by atomic mass is 16.5. The van der Waals surface area contributed by atoms with E-state index in [4.69, 9.17) is 9.47 Å². The van der Waals surface area contributed by atoms with Crippen LogP contribution in [-0.4, -0.2) is 38.4 Å². The number of nitrogens with zero attached hydrogens (tertiary/aromatic N) is 1. The van der Waals surface area contributed by atoms with Gasteiger partial charge in [-0.1, -0.05) is 6.07 Å². The van der Waals surface area contributed by atoms with Gasteiger partial charge in [0.2, 0.25) is 0 Å². The number of benzene rings is 1. The molecule has 0 amide bonds. The van der Waals surface area contributed by atoms with E-state index in [-0.39, 0.29) is 5.60 Å². The van der Waals surface area contributed by atoms with Crippen LogP contribution in [0.2, 0.25) is 0 Å². The fourth-order valence-corrected chi connectivity index (χ4v) is 2.63. The smallest absolute Gasteiger partial charge is 0.184 e. The van der Waals surface area contributed by atoms with Gasteiger partial charge in [0, 0.05) is 32.6 Å². The molecule has 1 aromatic carbocycles. The van der Waals surface area contributed by atoms with E-state index in [0.29, 0.717) is 6.61 Å². The summed E-state index contributed by atoms with van der Waals surface area (Å²) in [4.78, 5) is 2.37. The number of fused-ring (bicyclic) bond motifs is 1. The quantitative estimate of drug-likeness (QED) is 0.839. The first kappa shape index (κ1) is 12.6. The summed E-state index contributed by atoms with van der Waals surface area (Å²) in [5.41, 5.74) is 1.00. The minimum Gasteiger partial charge on any atom is -0.487 e. The molecule has 1 fully saturated rings. The molecule has 0 saturated carbocycles. The average molecular weight is 262 g/mol. The topological polar surface area (TPSA) is 33.7 Å². The van der Waals surface area contributed by atoms with E-state index in [9.17, 15) is 0 Å². The van der Waals surface area contributed by atoms with Crippen molar-refractivity contribution in [2.24, 2.45) is 0 Å². The lowest BCUT2D eigenvalue weighted by Gasteiger charge is -2.31. The third-order valence-electron chi connectivity index (χ3n) is 3.75. The Labute approximate surface area is 114 Å². The molecule has 4 nitrogen and oxygen atoms in total. The lowest BCUT2D eigenvalue weighted by Crippen LogP contribution is -2.43. The Kier molecular flexibility index (Phi) is 3.27. The van der Waals surface area contributed by atoms with Crippen LogP contribution in [0.5, 0.6) is 11.5 Å². The van der Waals surface area contributed by atoms with Gasteiger partial charge in [0.15, 0.2) is 11.5 Å². The van der Waals surface area contributed by atoms with E-state index in [1.54, 1.807) is 0 Å². The van der Waals surface area contributed by atoms with Gasteiger partial charge in [-0.2, -0.15) is 0 Å². The zero-order chi connectivity index (χ0) is 13.3. The van der Waals surface area contributed by atoms with Gasteiger partial charge in [-0.05, 0) is 26.0 Å². The maximum absolute atomic E-state index is 6.11. The molecule has 0 unspecified atom stereocenters. The largest absolute Gasteiger partial charge is 0.487 e. The summed E-state index contributed by atoms with van der Waals surface area (Å²) in [5.74, 6) is 1.79. The molecule has 0 aromatic heterocycles. The standard InChI is InChI=1S/C15H22N2O2/c1-15(2)6-11-18-14-12(4-3-5-13(14)19-15)17-9-7-16-8-10-17/h3-5,16H,6-11H2,1-2H3. The highest BCUT2D eigenvalue weighted by Crippen LogP contribution is 2.41. The Hall–Kier alpha value is -1.42. The van der Waals surface area contributed by atoms with E-state index in [1.807, 2.05) is 6.07 Å². The van der Waals surface area contributed by atoms with Crippen LogP contribution in [0.3, 0.4) is 0 Å². The number of nitrogens with one attached hydrogen (secondary N) is 1. The van der Waals surface area contributed by atoms with E-state index in [1.165, 1.54) is 0 Å². The number of hydrogen-bond donors (Lipinski definition) is 1. The molecule has 1 N–H and O–H groups in total. The molecule has 0 radical (unpaired) electrons. The van der Waals surface area contributed by atoms with Crippen molar-refractivity contribution in [1.82, 2.24) is 5.32 Å². The molecule has 0 aliphatic carbocycles. The Morgan fingerprint density at radius 1 is 1.21 bits per heavy atom. The molecule has 1 aromatic rings. The second kappa shape index (κ2) is 4.93. The third-order valence-corrected chi connectivity index (χ3v) is 3.75. The molecule has 2 heterocycles. The fraction of sp³-hybridized carbons (Fsp3) is 0.600. The minimum atomic E-state index is -0.159. The van der Waals surface area contributed by atoms with Crippen molar-refractivity contribution in [3.63, 3.8) is 0 Å². The van der Waals surface area contributed by atoms with Gasteiger partial charge in [0.25, 0.3) is 0 Å². The monoisotopic (exact) mass is 262 g/mol. The molecule has 1 saturated heterocycles. The Bertz CT molecular complexity index is 453. The van der Waals surface area contributed by atoms with E-state index < -0.39 is 0 Å². The van der Waals surface area contributed by atoms with Crippen LogP contribution in [-0.2, 0) is 0 Å². The van der Waals surface area contributed by atoms with Gasteiger partial charge in [0.1, 0.15) is 5.60 Å². The molecule has 104 valence electrons. The van der Waals surface area contributed by atoms with Crippen molar-refractivity contribution in [2.45, 2.75) is 25.9 Å². The third kappa shape index (κ3) is 2.63. The van der Waals surface area contributed by atoms with Gasteiger partial charge in [-0.3, -0.25) is 0 Å². The van der Waals surface area contributed by atoms with Crippen molar-refractivity contribution < 1.29 is 9.47 Å². The predicted octanol–water partition coefficient (Wildman–Crippen LogP) is 2.04. The van der Waals surface area contributed by atoms with Crippen molar-refractivity contribution in [3.05, 3.63) is 18.2 Å². The first-order valence-corrected chi connectivity index (χ1v) is 7.06. The molecule has 0 atom stereocenters. The fourth-order valence-electron chi connectivity index (χ4n) is 2.63. The number of rotatable bonds is 1. The minimum absolute atomic E-state index is 0.159. The summed E-state index contributed by atoms with van der Waals surface area (Å²) in [7, 11) is 0. The van der Waals surface area contributed by atoms with Crippen molar-refractivity contribution in [2.75, 3.05) is 37.7 Å². The summed E-state index contributed by atoms with van der Waals surface area (Å²) in [6.45, 7) is 9.02. The SMILES string of the molecule is CC1(C)CCOc2c(cccc2N2CCNCC2)O1. The zero-order valence-corrected chi connectivity index (χ0v) is 11.7. The van der Waals surface area contributed by atoms with Crippen LogP contribution in [0.4, 0.5) is 5.69 Å². The Morgan fingerprint density at radius 2 is 2.00 bits per heavy atom. The van der Waals surface area contributed by atoms with Crippen molar-refractivity contribution in [1.29, 1.82) is 0 Å².